The number of aryl methyl sites for hydroxylation is 2. The SMILES string of the molecule is CCn1cc(CSC)c2cccc(C)c21. The minimum atomic E-state index is 1.05. The largest absolute Gasteiger partial charge is 0.347 e. The lowest BCUT2D eigenvalue weighted by molar-refractivity contribution is 0.793. The summed E-state index contributed by atoms with van der Waals surface area (Å²) < 4.78 is 2.36. The van der Waals surface area contributed by atoms with Crippen LogP contribution in [0.1, 0.15) is 18.1 Å². The molecule has 2 heteroatoms. The van der Waals surface area contributed by atoms with E-state index in [9.17, 15) is 0 Å². The van der Waals surface area contributed by atoms with Gasteiger partial charge in [0.15, 0.2) is 0 Å². The summed E-state index contributed by atoms with van der Waals surface area (Å²) in [5.74, 6) is 1.10. The highest BCUT2D eigenvalue weighted by molar-refractivity contribution is 7.97. The number of aromatic nitrogens is 1. The Labute approximate surface area is 95.5 Å². The summed E-state index contributed by atoms with van der Waals surface area (Å²) in [6.45, 7) is 5.45. The lowest BCUT2D eigenvalue weighted by Crippen LogP contribution is -1.92. The molecule has 0 saturated carbocycles. The number of benzene rings is 1. The summed E-state index contributed by atoms with van der Waals surface area (Å²) >= 11 is 1.89. The maximum absolute atomic E-state index is 2.36. The van der Waals surface area contributed by atoms with Gasteiger partial charge in [0.1, 0.15) is 0 Å². The van der Waals surface area contributed by atoms with Gasteiger partial charge in [0.05, 0.1) is 5.52 Å². The van der Waals surface area contributed by atoms with Gasteiger partial charge in [-0.1, -0.05) is 18.2 Å². The molecule has 0 aliphatic carbocycles. The second-order valence-corrected chi connectivity index (χ2v) is 4.71. The van der Waals surface area contributed by atoms with E-state index in [4.69, 9.17) is 0 Å². The van der Waals surface area contributed by atoms with Crippen LogP contribution in [-0.4, -0.2) is 10.8 Å². The van der Waals surface area contributed by atoms with Crippen molar-refractivity contribution in [3.63, 3.8) is 0 Å². The Kier molecular flexibility index (Phi) is 3.06. The molecule has 15 heavy (non-hydrogen) atoms. The predicted molar refractivity (Wildman–Crippen MR) is 69.6 cm³/mol. The van der Waals surface area contributed by atoms with Crippen molar-refractivity contribution in [2.75, 3.05) is 6.26 Å². The van der Waals surface area contributed by atoms with Crippen LogP contribution >= 0.6 is 11.8 Å². The van der Waals surface area contributed by atoms with Crippen LogP contribution < -0.4 is 0 Å². The van der Waals surface area contributed by atoms with E-state index in [1.807, 2.05) is 11.8 Å². The number of para-hydroxylation sites is 1. The first kappa shape index (κ1) is 10.6. The normalized spacial score (nSPS) is 11.1. The van der Waals surface area contributed by atoms with Crippen molar-refractivity contribution < 1.29 is 0 Å². The Morgan fingerprint density at radius 2 is 2.13 bits per heavy atom. The second-order valence-electron chi connectivity index (χ2n) is 3.84. The molecule has 2 rings (SSSR count). The number of hydrogen-bond donors (Lipinski definition) is 0. The zero-order valence-corrected chi connectivity index (χ0v) is 10.4. The summed E-state index contributed by atoms with van der Waals surface area (Å²) in [5, 5.41) is 1.42. The van der Waals surface area contributed by atoms with Crippen LogP contribution in [0, 0.1) is 6.92 Å². The van der Waals surface area contributed by atoms with Crippen molar-refractivity contribution in [1.82, 2.24) is 4.57 Å². The number of thioether (sulfide) groups is 1. The van der Waals surface area contributed by atoms with Gasteiger partial charge in [0.25, 0.3) is 0 Å². The average molecular weight is 219 g/mol. The molecule has 1 aromatic heterocycles. The number of nitrogens with zero attached hydrogens (tertiary/aromatic N) is 1. The van der Waals surface area contributed by atoms with Gasteiger partial charge in [0.2, 0.25) is 0 Å². The third kappa shape index (κ3) is 1.78. The lowest BCUT2D eigenvalue weighted by atomic mass is 10.1. The molecule has 1 nitrogen and oxygen atoms in total. The van der Waals surface area contributed by atoms with Gasteiger partial charge in [-0.3, -0.25) is 0 Å². The van der Waals surface area contributed by atoms with E-state index in [-0.39, 0.29) is 0 Å². The molecule has 0 atom stereocenters. The molecule has 1 aromatic carbocycles. The van der Waals surface area contributed by atoms with E-state index >= 15 is 0 Å². The number of fused-ring (bicyclic) bond motifs is 1. The van der Waals surface area contributed by atoms with Crippen molar-refractivity contribution >= 4 is 22.7 Å². The molecule has 0 aliphatic heterocycles. The highest BCUT2D eigenvalue weighted by Crippen LogP contribution is 2.26. The van der Waals surface area contributed by atoms with Gasteiger partial charge >= 0.3 is 0 Å². The average Bonchev–Trinajstić information content (AvgIpc) is 2.59. The van der Waals surface area contributed by atoms with Crippen molar-refractivity contribution in [2.24, 2.45) is 0 Å². The van der Waals surface area contributed by atoms with Crippen LogP contribution in [0.4, 0.5) is 0 Å². The Bertz CT molecular complexity index is 471. The van der Waals surface area contributed by atoms with Crippen LogP contribution in [-0.2, 0) is 12.3 Å². The van der Waals surface area contributed by atoms with Gasteiger partial charge in [-0.05, 0) is 31.2 Å². The molecule has 0 fully saturated rings. The van der Waals surface area contributed by atoms with E-state index in [0.717, 1.165) is 12.3 Å². The number of rotatable bonds is 3. The summed E-state index contributed by atoms with van der Waals surface area (Å²) in [6, 6.07) is 6.58. The maximum Gasteiger partial charge on any atom is 0.0513 e. The van der Waals surface area contributed by atoms with Crippen LogP contribution in [0.5, 0.6) is 0 Å². The quantitative estimate of drug-likeness (QED) is 0.759. The molecular formula is C13H17NS. The molecule has 0 saturated heterocycles. The van der Waals surface area contributed by atoms with Crippen LogP contribution in [0.3, 0.4) is 0 Å². The van der Waals surface area contributed by atoms with Gasteiger partial charge in [-0.2, -0.15) is 11.8 Å². The Morgan fingerprint density at radius 3 is 2.80 bits per heavy atom. The van der Waals surface area contributed by atoms with E-state index in [2.05, 4.69) is 49.1 Å². The van der Waals surface area contributed by atoms with Crippen molar-refractivity contribution in [1.29, 1.82) is 0 Å². The zero-order valence-electron chi connectivity index (χ0n) is 9.58. The Balaban J connectivity index is 2.69. The van der Waals surface area contributed by atoms with Gasteiger partial charge in [0, 0.05) is 23.9 Å². The Morgan fingerprint density at radius 1 is 1.33 bits per heavy atom. The highest BCUT2D eigenvalue weighted by atomic mass is 32.2. The maximum atomic E-state index is 2.36. The van der Waals surface area contributed by atoms with E-state index in [1.165, 1.54) is 22.0 Å². The van der Waals surface area contributed by atoms with E-state index < -0.39 is 0 Å². The number of hydrogen-bond acceptors (Lipinski definition) is 1. The van der Waals surface area contributed by atoms with E-state index in [1.54, 1.807) is 0 Å². The lowest BCUT2D eigenvalue weighted by Gasteiger charge is -2.02. The standard InChI is InChI=1S/C13H17NS/c1-4-14-8-11(9-15-3)12-7-5-6-10(2)13(12)14/h5-8H,4,9H2,1-3H3. The minimum absolute atomic E-state index is 1.05. The molecule has 0 unspecified atom stereocenters. The third-order valence-electron chi connectivity index (χ3n) is 2.82. The fraction of sp³-hybridized carbons (Fsp3) is 0.385. The zero-order chi connectivity index (χ0) is 10.8. The summed E-state index contributed by atoms with van der Waals surface area (Å²) in [7, 11) is 0. The van der Waals surface area contributed by atoms with Gasteiger partial charge < -0.3 is 4.57 Å². The third-order valence-corrected chi connectivity index (χ3v) is 3.42. The fourth-order valence-electron chi connectivity index (χ4n) is 2.14. The van der Waals surface area contributed by atoms with Crippen LogP contribution in [0.15, 0.2) is 24.4 Å². The molecule has 0 N–H and O–H groups in total. The van der Waals surface area contributed by atoms with Crippen molar-refractivity contribution in [3.05, 3.63) is 35.5 Å². The topological polar surface area (TPSA) is 4.93 Å². The van der Waals surface area contributed by atoms with E-state index in [0.29, 0.717) is 0 Å². The molecule has 0 spiro atoms. The monoisotopic (exact) mass is 219 g/mol. The molecule has 80 valence electrons. The molecular weight excluding hydrogens is 202 g/mol. The summed E-state index contributed by atoms with van der Waals surface area (Å²) in [5.41, 5.74) is 4.24. The summed E-state index contributed by atoms with van der Waals surface area (Å²) in [4.78, 5) is 0. The van der Waals surface area contributed by atoms with Gasteiger partial charge in [-0.25, -0.2) is 0 Å². The first-order valence-corrected chi connectivity index (χ1v) is 6.73. The van der Waals surface area contributed by atoms with Gasteiger partial charge in [-0.15, -0.1) is 0 Å². The molecule has 0 bridgehead atoms. The van der Waals surface area contributed by atoms with Crippen molar-refractivity contribution in [3.8, 4) is 0 Å². The minimum Gasteiger partial charge on any atom is -0.347 e. The predicted octanol–water partition coefficient (Wildman–Crippen LogP) is 3.83. The smallest absolute Gasteiger partial charge is 0.0513 e. The first-order valence-electron chi connectivity index (χ1n) is 5.34. The Hall–Kier alpha value is -0.890. The molecule has 2 aromatic rings. The summed E-state index contributed by atoms with van der Waals surface area (Å²) in [6.07, 6.45) is 4.46. The highest BCUT2D eigenvalue weighted by Gasteiger charge is 2.08. The van der Waals surface area contributed by atoms with Crippen molar-refractivity contribution in [2.45, 2.75) is 26.1 Å². The molecule has 0 amide bonds. The molecule has 0 radical (unpaired) electrons. The fourth-order valence-corrected chi connectivity index (χ4v) is 2.68. The van der Waals surface area contributed by atoms with Crippen LogP contribution in [0.2, 0.25) is 0 Å². The second kappa shape index (κ2) is 4.31. The first-order chi connectivity index (χ1) is 7.27. The van der Waals surface area contributed by atoms with Crippen LogP contribution in [0.25, 0.3) is 10.9 Å². The molecule has 0 aliphatic rings. The molecule has 1 heterocycles.